The third-order valence-corrected chi connectivity index (χ3v) is 4.16. The summed E-state index contributed by atoms with van der Waals surface area (Å²) in [7, 11) is 0. The van der Waals surface area contributed by atoms with Gasteiger partial charge in [-0.15, -0.1) is 11.6 Å². The zero-order valence-electron chi connectivity index (χ0n) is 8.65. The molecule has 1 aliphatic carbocycles. The average molecular weight is 310 g/mol. The standard InChI is InChI=1S/C12H12BrClF2/c13-9-6-11(15)8(5-12(9)16)10(14)4-7-2-1-3-7/h5-7,10H,1-4H2. The molecule has 0 aromatic heterocycles. The van der Waals surface area contributed by atoms with Crippen molar-refractivity contribution >= 4 is 27.5 Å². The summed E-state index contributed by atoms with van der Waals surface area (Å²) in [6, 6.07) is 2.33. The van der Waals surface area contributed by atoms with Gasteiger partial charge in [0.1, 0.15) is 11.6 Å². The highest BCUT2D eigenvalue weighted by Crippen LogP contribution is 2.39. The summed E-state index contributed by atoms with van der Waals surface area (Å²) in [5.41, 5.74) is 0.272. The van der Waals surface area contributed by atoms with E-state index in [0.717, 1.165) is 25.3 Å². The van der Waals surface area contributed by atoms with E-state index in [1.54, 1.807) is 0 Å². The van der Waals surface area contributed by atoms with Crippen LogP contribution in [0, 0.1) is 17.6 Å². The Morgan fingerprint density at radius 2 is 2.00 bits per heavy atom. The third kappa shape index (κ3) is 2.57. The molecular weight excluding hydrogens is 297 g/mol. The smallest absolute Gasteiger partial charge is 0.137 e. The zero-order chi connectivity index (χ0) is 11.7. The summed E-state index contributed by atoms with van der Waals surface area (Å²) in [6.45, 7) is 0. The number of hydrogen-bond acceptors (Lipinski definition) is 0. The normalized spacial score (nSPS) is 18.2. The van der Waals surface area contributed by atoms with Crippen LogP contribution in [0.15, 0.2) is 16.6 Å². The third-order valence-electron chi connectivity index (χ3n) is 3.14. The lowest BCUT2D eigenvalue weighted by atomic mass is 9.81. The van der Waals surface area contributed by atoms with Crippen LogP contribution in [0.5, 0.6) is 0 Å². The van der Waals surface area contributed by atoms with Crippen molar-refractivity contribution in [2.75, 3.05) is 0 Å². The van der Waals surface area contributed by atoms with Gasteiger partial charge in [0.15, 0.2) is 0 Å². The maximum atomic E-state index is 13.6. The van der Waals surface area contributed by atoms with E-state index in [1.165, 1.54) is 12.5 Å². The van der Waals surface area contributed by atoms with Crippen molar-refractivity contribution in [2.24, 2.45) is 5.92 Å². The maximum Gasteiger partial charge on any atom is 0.137 e. The predicted molar refractivity (Wildman–Crippen MR) is 64.6 cm³/mol. The number of rotatable bonds is 3. The van der Waals surface area contributed by atoms with Gasteiger partial charge in [-0.05, 0) is 40.4 Å². The summed E-state index contributed by atoms with van der Waals surface area (Å²) in [5.74, 6) is -0.322. The van der Waals surface area contributed by atoms with E-state index < -0.39 is 17.0 Å². The average Bonchev–Trinajstić information content (AvgIpc) is 2.17. The largest absolute Gasteiger partial charge is 0.207 e. The zero-order valence-corrected chi connectivity index (χ0v) is 11.0. The molecule has 0 spiro atoms. The quantitative estimate of drug-likeness (QED) is 0.532. The molecule has 4 heteroatoms. The van der Waals surface area contributed by atoms with Gasteiger partial charge in [0.05, 0.1) is 9.85 Å². The molecule has 0 aliphatic heterocycles. The minimum absolute atomic E-state index is 0.140. The fourth-order valence-electron chi connectivity index (χ4n) is 1.93. The Labute approximate surface area is 107 Å². The molecule has 0 heterocycles. The molecule has 0 amide bonds. The Kier molecular flexibility index (Phi) is 3.85. The first-order valence-electron chi connectivity index (χ1n) is 5.36. The highest BCUT2D eigenvalue weighted by molar-refractivity contribution is 9.10. The first-order valence-corrected chi connectivity index (χ1v) is 6.59. The molecule has 16 heavy (non-hydrogen) atoms. The monoisotopic (exact) mass is 308 g/mol. The van der Waals surface area contributed by atoms with Crippen LogP contribution >= 0.6 is 27.5 Å². The Morgan fingerprint density at radius 1 is 1.31 bits per heavy atom. The van der Waals surface area contributed by atoms with Crippen molar-refractivity contribution < 1.29 is 8.78 Å². The number of halogens is 4. The van der Waals surface area contributed by atoms with E-state index in [4.69, 9.17) is 11.6 Å². The van der Waals surface area contributed by atoms with Crippen molar-refractivity contribution in [2.45, 2.75) is 31.1 Å². The summed E-state index contributed by atoms with van der Waals surface area (Å²) in [5, 5.41) is -0.423. The first-order chi connectivity index (χ1) is 7.58. The molecule has 0 bridgehead atoms. The van der Waals surface area contributed by atoms with Gasteiger partial charge in [-0.1, -0.05) is 19.3 Å². The number of benzene rings is 1. The second-order valence-corrected chi connectivity index (χ2v) is 5.67. The topological polar surface area (TPSA) is 0 Å². The van der Waals surface area contributed by atoms with E-state index in [9.17, 15) is 8.78 Å². The highest BCUT2D eigenvalue weighted by atomic mass is 79.9. The number of hydrogen-bond donors (Lipinski definition) is 0. The van der Waals surface area contributed by atoms with Gasteiger partial charge in [0, 0.05) is 5.56 Å². The molecule has 0 saturated heterocycles. The fraction of sp³-hybridized carbons (Fsp3) is 0.500. The van der Waals surface area contributed by atoms with Crippen LogP contribution in [-0.2, 0) is 0 Å². The maximum absolute atomic E-state index is 13.6. The summed E-state index contributed by atoms with van der Waals surface area (Å²) in [6.07, 6.45) is 4.28. The molecular formula is C12H12BrClF2. The van der Waals surface area contributed by atoms with Crippen molar-refractivity contribution in [3.05, 3.63) is 33.8 Å². The Bertz CT molecular complexity index is 391. The summed E-state index contributed by atoms with van der Waals surface area (Å²) in [4.78, 5) is 0. The molecule has 1 fully saturated rings. The summed E-state index contributed by atoms with van der Waals surface area (Å²) < 4.78 is 27.0. The second kappa shape index (κ2) is 5.01. The van der Waals surface area contributed by atoms with Crippen LogP contribution in [0.2, 0.25) is 0 Å². The van der Waals surface area contributed by atoms with E-state index in [1.807, 2.05) is 0 Å². The van der Waals surface area contributed by atoms with Gasteiger partial charge in [-0.25, -0.2) is 8.78 Å². The summed E-state index contributed by atoms with van der Waals surface area (Å²) >= 11 is 9.07. The van der Waals surface area contributed by atoms with Crippen molar-refractivity contribution in [1.82, 2.24) is 0 Å². The van der Waals surface area contributed by atoms with Crippen LogP contribution < -0.4 is 0 Å². The van der Waals surface area contributed by atoms with Crippen LogP contribution in [-0.4, -0.2) is 0 Å². The second-order valence-electron chi connectivity index (χ2n) is 4.29. The Balaban J connectivity index is 2.14. The lowest BCUT2D eigenvalue weighted by molar-refractivity contribution is 0.292. The van der Waals surface area contributed by atoms with Gasteiger partial charge in [0.2, 0.25) is 0 Å². The molecule has 88 valence electrons. The van der Waals surface area contributed by atoms with Gasteiger partial charge < -0.3 is 0 Å². The molecule has 1 aromatic carbocycles. The van der Waals surface area contributed by atoms with Crippen LogP contribution in [0.4, 0.5) is 8.78 Å². The highest BCUT2D eigenvalue weighted by Gasteiger charge is 2.24. The van der Waals surface area contributed by atoms with Crippen LogP contribution in [0.25, 0.3) is 0 Å². The van der Waals surface area contributed by atoms with Crippen LogP contribution in [0.1, 0.15) is 36.6 Å². The molecule has 1 unspecified atom stereocenters. The molecule has 1 saturated carbocycles. The molecule has 0 radical (unpaired) electrons. The van der Waals surface area contributed by atoms with Crippen molar-refractivity contribution in [3.8, 4) is 0 Å². The molecule has 1 atom stereocenters. The molecule has 0 nitrogen and oxygen atoms in total. The first kappa shape index (κ1) is 12.3. The van der Waals surface area contributed by atoms with Crippen LogP contribution in [0.3, 0.4) is 0 Å². The SMILES string of the molecule is Fc1cc(C(Cl)CC2CCC2)c(F)cc1Br. The lowest BCUT2D eigenvalue weighted by Gasteiger charge is -2.27. The fourth-order valence-corrected chi connectivity index (χ4v) is 2.66. The van der Waals surface area contributed by atoms with E-state index in [-0.39, 0.29) is 10.0 Å². The van der Waals surface area contributed by atoms with Gasteiger partial charge in [-0.3, -0.25) is 0 Å². The van der Waals surface area contributed by atoms with Gasteiger partial charge >= 0.3 is 0 Å². The molecule has 0 N–H and O–H groups in total. The molecule has 1 aromatic rings. The predicted octanol–water partition coefficient (Wildman–Crippen LogP) is 5.20. The molecule has 1 aliphatic rings. The van der Waals surface area contributed by atoms with E-state index in [2.05, 4.69) is 15.9 Å². The van der Waals surface area contributed by atoms with E-state index >= 15 is 0 Å². The number of alkyl halides is 1. The van der Waals surface area contributed by atoms with Gasteiger partial charge in [-0.2, -0.15) is 0 Å². The minimum atomic E-state index is -0.462. The van der Waals surface area contributed by atoms with Crippen molar-refractivity contribution in [3.63, 3.8) is 0 Å². The lowest BCUT2D eigenvalue weighted by Crippen LogP contribution is -2.13. The Hall–Kier alpha value is -0.150. The van der Waals surface area contributed by atoms with Gasteiger partial charge in [0.25, 0.3) is 0 Å². The van der Waals surface area contributed by atoms with Crippen molar-refractivity contribution in [1.29, 1.82) is 0 Å². The minimum Gasteiger partial charge on any atom is -0.207 e. The Morgan fingerprint density at radius 3 is 2.56 bits per heavy atom. The molecule has 2 rings (SSSR count). The van der Waals surface area contributed by atoms with E-state index in [0.29, 0.717) is 5.92 Å².